The smallest absolute Gasteiger partial charge is 0.338 e. The Kier molecular flexibility index (Phi) is 12.7. The Balaban J connectivity index is 1.25. The SMILES string of the molecule is CCCCCCCCCCCCCCCCCCOC(=O)c1ccc2oc3ccc(C)cc3c(=O)c2c1. The van der Waals surface area contributed by atoms with Gasteiger partial charge in [0.2, 0.25) is 5.43 Å². The van der Waals surface area contributed by atoms with Crippen LogP contribution in [0.15, 0.2) is 45.6 Å². The average molecular weight is 507 g/mol. The normalized spacial score (nSPS) is 11.4. The number of rotatable bonds is 18. The minimum Gasteiger partial charge on any atom is -0.462 e. The summed E-state index contributed by atoms with van der Waals surface area (Å²) in [7, 11) is 0. The van der Waals surface area contributed by atoms with Crippen LogP contribution in [0.5, 0.6) is 0 Å². The summed E-state index contributed by atoms with van der Waals surface area (Å²) in [6.07, 6.45) is 21.0. The molecule has 0 saturated heterocycles. The number of carbonyl (C=O) groups excluding carboxylic acids is 1. The molecule has 37 heavy (non-hydrogen) atoms. The van der Waals surface area contributed by atoms with E-state index in [2.05, 4.69) is 6.92 Å². The highest BCUT2D eigenvalue weighted by molar-refractivity contribution is 5.96. The van der Waals surface area contributed by atoms with E-state index in [-0.39, 0.29) is 11.4 Å². The summed E-state index contributed by atoms with van der Waals surface area (Å²) in [5.74, 6) is -0.383. The lowest BCUT2D eigenvalue weighted by atomic mass is 10.0. The molecule has 0 atom stereocenters. The van der Waals surface area contributed by atoms with Crippen LogP contribution in [-0.2, 0) is 4.74 Å². The van der Waals surface area contributed by atoms with Crippen LogP contribution in [0, 0.1) is 6.92 Å². The molecular formula is C33H46O4. The van der Waals surface area contributed by atoms with Crippen molar-refractivity contribution in [1.29, 1.82) is 0 Å². The molecule has 0 aliphatic carbocycles. The van der Waals surface area contributed by atoms with Gasteiger partial charge in [-0.2, -0.15) is 0 Å². The molecule has 0 aliphatic rings. The van der Waals surface area contributed by atoms with Gasteiger partial charge >= 0.3 is 5.97 Å². The first-order chi connectivity index (χ1) is 18.1. The minimum atomic E-state index is -0.383. The van der Waals surface area contributed by atoms with Gasteiger partial charge < -0.3 is 9.15 Å². The molecule has 3 aromatic rings. The molecule has 3 rings (SSSR count). The molecule has 0 fully saturated rings. The summed E-state index contributed by atoms with van der Waals surface area (Å²) in [4.78, 5) is 25.5. The van der Waals surface area contributed by atoms with Gasteiger partial charge in [0.1, 0.15) is 11.2 Å². The zero-order valence-electron chi connectivity index (χ0n) is 23.1. The zero-order chi connectivity index (χ0) is 26.3. The molecule has 0 aliphatic heterocycles. The van der Waals surface area contributed by atoms with Crippen LogP contribution in [0.25, 0.3) is 21.9 Å². The van der Waals surface area contributed by atoms with Crippen LogP contribution in [0.3, 0.4) is 0 Å². The molecular weight excluding hydrogens is 460 g/mol. The predicted molar refractivity (Wildman–Crippen MR) is 155 cm³/mol. The quantitative estimate of drug-likeness (QED) is 0.0978. The number of hydrogen-bond acceptors (Lipinski definition) is 4. The molecule has 1 aromatic heterocycles. The zero-order valence-corrected chi connectivity index (χ0v) is 23.1. The lowest BCUT2D eigenvalue weighted by Crippen LogP contribution is -2.08. The number of aryl methyl sites for hydroxylation is 1. The van der Waals surface area contributed by atoms with Gasteiger partial charge in [0.05, 0.1) is 22.9 Å². The molecule has 0 amide bonds. The highest BCUT2D eigenvalue weighted by Gasteiger charge is 2.13. The maximum Gasteiger partial charge on any atom is 0.338 e. The van der Waals surface area contributed by atoms with Crippen molar-refractivity contribution in [3.8, 4) is 0 Å². The van der Waals surface area contributed by atoms with E-state index >= 15 is 0 Å². The Hall–Kier alpha value is -2.62. The first-order valence-corrected chi connectivity index (χ1v) is 14.7. The van der Waals surface area contributed by atoms with E-state index in [1.807, 2.05) is 25.1 Å². The molecule has 4 nitrogen and oxygen atoms in total. The van der Waals surface area contributed by atoms with Gasteiger partial charge in [-0.05, 0) is 43.7 Å². The molecule has 0 N–H and O–H groups in total. The highest BCUT2D eigenvalue weighted by atomic mass is 16.5. The minimum absolute atomic E-state index is 0.118. The van der Waals surface area contributed by atoms with E-state index in [9.17, 15) is 9.59 Å². The van der Waals surface area contributed by atoms with Crippen LogP contribution in [-0.4, -0.2) is 12.6 Å². The van der Waals surface area contributed by atoms with Gasteiger partial charge in [-0.3, -0.25) is 4.79 Å². The van der Waals surface area contributed by atoms with Crippen molar-refractivity contribution in [3.63, 3.8) is 0 Å². The van der Waals surface area contributed by atoms with Crippen molar-refractivity contribution in [2.75, 3.05) is 6.61 Å². The molecule has 0 saturated carbocycles. The lowest BCUT2D eigenvalue weighted by molar-refractivity contribution is 0.0498. The van der Waals surface area contributed by atoms with Crippen molar-refractivity contribution >= 4 is 27.9 Å². The van der Waals surface area contributed by atoms with E-state index < -0.39 is 0 Å². The summed E-state index contributed by atoms with van der Waals surface area (Å²) < 4.78 is 11.3. The Labute approximate surface area is 222 Å². The number of carbonyl (C=O) groups is 1. The molecule has 0 unspecified atom stereocenters. The third-order valence-electron chi connectivity index (χ3n) is 7.29. The maximum absolute atomic E-state index is 12.9. The van der Waals surface area contributed by atoms with Crippen molar-refractivity contribution in [1.82, 2.24) is 0 Å². The Morgan fingerprint density at radius 2 is 1.16 bits per heavy atom. The average Bonchev–Trinajstić information content (AvgIpc) is 2.90. The standard InChI is InChI=1S/C33H46O4/c1-3-4-5-6-7-8-9-10-11-12-13-14-15-16-17-18-23-36-33(35)27-20-22-31-29(25-27)32(34)28-24-26(2)19-21-30(28)37-31/h19-22,24-25H,3-18,23H2,1-2H3. The van der Waals surface area contributed by atoms with E-state index in [0.717, 1.165) is 18.4 Å². The van der Waals surface area contributed by atoms with E-state index in [0.29, 0.717) is 34.1 Å². The van der Waals surface area contributed by atoms with Crippen LogP contribution < -0.4 is 5.43 Å². The third-order valence-corrected chi connectivity index (χ3v) is 7.29. The van der Waals surface area contributed by atoms with Crippen LogP contribution >= 0.6 is 0 Å². The fourth-order valence-corrected chi connectivity index (χ4v) is 5.00. The van der Waals surface area contributed by atoms with Crippen LogP contribution in [0.2, 0.25) is 0 Å². The van der Waals surface area contributed by atoms with Crippen molar-refractivity contribution in [3.05, 3.63) is 57.7 Å². The van der Waals surface area contributed by atoms with E-state index in [1.54, 1.807) is 18.2 Å². The highest BCUT2D eigenvalue weighted by Crippen LogP contribution is 2.21. The summed E-state index contributed by atoms with van der Waals surface area (Å²) >= 11 is 0. The number of ether oxygens (including phenoxy) is 1. The second-order valence-electron chi connectivity index (χ2n) is 10.6. The molecule has 0 bridgehead atoms. The Morgan fingerprint density at radius 1 is 0.676 bits per heavy atom. The lowest BCUT2D eigenvalue weighted by Gasteiger charge is -2.07. The number of esters is 1. The monoisotopic (exact) mass is 506 g/mol. The Morgan fingerprint density at radius 3 is 1.73 bits per heavy atom. The van der Waals surface area contributed by atoms with E-state index in [4.69, 9.17) is 9.15 Å². The molecule has 1 heterocycles. The number of benzene rings is 2. The second kappa shape index (κ2) is 16.3. The summed E-state index contributed by atoms with van der Waals surface area (Å²) in [6, 6.07) is 10.5. The summed E-state index contributed by atoms with van der Waals surface area (Å²) in [5, 5.41) is 0.946. The van der Waals surface area contributed by atoms with Gasteiger partial charge in [-0.15, -0.1) is 0 Å². The molecule has 2 aromatic carbocycles. The van der Waals surface area contributed by atoms with Gasteiger partial charge in [0, 0.05) is 0 Å². The van der Waals surface area contributed by atoms with Gasteiger partial charge in [0.25, 0.3) is 0 Å². The van der Waals surface area contributed by atoms with Crippen LogP contribution in [0.1, 0.15) is 126 Å². The van der Waals surface area contributed by atoms with E-state index in [1.165, 1.54) is 89.9 Å². The number of hydrogen-bond donors (Lipinski definition) is 0. The summed E-state index contributed by atoms with van der Waals surface area (Å²) in [6.45, 7) is 4.63. The van der Waals surface area contributed by atoms with Gasteiger partial charge in [-0.1, -0.05) is 115 Å². The molecule has 202 valence electrons. The maximum atomic E-state index is 12.9. The van der Waals surface area contributed by atoms with Gasteiger partial charge in [0.15, 0.2) is 0 Å². The topological polar surface area (TPSA) is 56.5 Å². The van der Waals surface area contributed by atoms with Crippen molar-refractivity contribution < 1.29 is 13.9 Å². The van der Waals surface area contributed by atoms with Crippen LogP contribution in [0.4, 0.5) is 0 Å². The fourth-order valence-electron chi connectivity index (χ4n) is 5.00. The second-order valence-corrected chi connectivity index (χ2v) is 10.6. The predicted octanol–water partition coefficient (Wildman–Crippen LogP) is 9.67. The molecule has 0 radical (unpaired) electrons. The first-order valence-electron chi connectivity index (χ1n) is 14.7. The molecule has 0 spiro atoms. The third kappa shape index (κ3) is 9.64. The Bertz CT molecular complexity index is 1160. The van der Waals surface area contributed by atoms with Gasteiger partial charge in [-0.25, -0.2) is 4.79 Å². The van der Waals surface area contributed by atoms with Crippen molar-refractivity contribution in [2.24, 2.45) is 0 Å². The first kappa shape index (κ1) is 28.9. The largest absolute Gasteiger partial charge is 0.462 e. The fraction of sp³-hybridized carbons (Fsp3) is 0.576. The van der Waals surface area contributed by atoms with Crippen molar-refractivity contribution in [2.45, 2.75) is 117 Å². The summed E-state index contributed by atoms with van der Waals surface area (Å²) in [5.41, 5.74) is 2.31. The number of unbranched alkanes of at least 4 members (excludes halogenated alkanes) is 15. The molecule has 4 heteroatoms. The number of fused-ring (bicyclic) bond motifs is 2.